The van der Waals surface area contributed by atoms with Crippen LogP contribution in [0.2, 0.25) is 0 Å². The van der Waals surface area contributed by atoms with Gasteiger partial charge in [-0.2, -0.15) is 0 Å². The van der Waals surface area contributed by atoms with Crippen LogP contribution in [-0.2, 0) is 13.0 Å². The summed E-state index contributed by atoms with van der Waals surface area (Å²) >= 11 is 0. The lowest BCUT2D eigenvalue weighted by molar-refractivity contribution is 0.622. The van der Waals surface area contributed by atoms with Crippen molar-refractivity contribution in [1.29, 1.82) is 0 Å². The van der Waals surface area contributed by atoms with Crippen LogP contribution in [0.5, 0.6) is 0 Å². The van der Waals surface area contributed by atoms with Crippen LogP contribution in [-0.4, -0.2) is 33.6 Å². The van der Waals surface area contributed by atoms with Gasteiger partial charge in [-0.3, -0.25) is 4.99 Å². The Hall–Kier alpha value is -2.63. The van der Waals surface area contributed by atoms with Crippen LogP contribution in [0.15, 0.2) is 47.5 Å². The lowest BCUT2D eigenvalue weighted by atomic mass is 10.1. The van der Waals surface area contributed by atoms with Gasteiger partial charge in [-0.15, -0.1) is 0 Å². The molecular weight excluding hydrogens is 322 g/mol. The number of guanidine groups is 1. The summed E-state index contributed by atoms with van der Waals surface area (Å²) in [6, 6.07) is 11.7. The van der Waals surface area contributed by atoms with E-state index in [9.17, 15) is 8.78 Å². The van der Waals surface area contributed by atoms with Gasteiger partial charge in [0.15, 0.2) is 5.96 Å². The third-order valence-corrected chi connectivity index (χ3v) is 3.77. The van der Waals surface area contributed by atoms with Crippen LogP contribution >= 0.6 is 0 Å². The predicted molar refractivity (Wildman–Crippen MR) is 99.0 cm³/mol. The zero-order valence-electron chi connectivity index (χ0n) is 14.8. The van der Waals surface area contributed by atoms with Crippen LogP contribution in [0, 0.1) is 11.6 Å². The van der Waals surface area contributed by atoms with Gasteiger partial charge < -0.3 is 15.5 Å². The van der Waals surface area contributed by atoms with Crippen LogP contribution in [0.25, 0.3) is 0 Å². The molecule has 0 amide bonds. The van der Waals surface area contributed by atoms with E-state index in [1.54, 1.807) is 38.2 Å². The minimum atomic E-state index is -0.252. The van der Waals surface area contributed by atoms with Gasteiger partial charge in [0.2, 0.25) is 0 Å². The number of anilines is 1. The molecule has 2 aromatic rings. The highest BCUT2D eigenvalue weighted by atomic mass is 19.1. The average molecular weight is 346 g/mol. The first-order valence-electron chi connectivity index (χ1n) is 8.14. The third kappa shape index (κ3) is 5.74. The maximum atomic E-state index is 14.0. The second-order valence-corrected chi connectivity index (χ2v) is 5.91. The summed E-state index contributed by atoms with van der Waals surface area (Å²) in [5.74, 6) is 0.134. The first-order valence-corrected chi connectivity index (χ1v) is 8.14. The molecule has 0 radical (unpaired) electrons. The molecule has 0 aliphatic heterocycles. The van der Waals surface area contributed by atoms with Crippen LogP contribution in [0.1, 0.15) is 11.1 Å². The van der Waals surface area contributed by atoms with Crippen molar-refractivity contribution in [2.75, 3.05) is 32.6 Å². The van der Waals surface area contributed by atoms with Crippen molar-refractivity contribution in [3.63, 3.8) is 0 Å². The summed E-state index contributed by atoms with van der Waals surface area (Å²) in [6.45, 7) is 1.08. The zero-order chi connectivity index (χ0) is 18.2. The van der Waals surface area contributed by atoms with Crippen molar-refractivity contribution in [3.05, 3.63) is 65.2 Å². The highest BCUT2D eigenvalue weighted by Crippen LogP contribution is 2.18. The first-order chi connectivity index (χ1) is 12.0. The molecular formula is C19H24F2N4. The van der Waals surface area contributed by atoms with Gasteiger partial charge in [-0.25, -0.2) is 8.78 Å². The minimum Gasteiger partial charge on any atom is -0.375 e. The van der Waals surface area contributed by atoms with Crippen molar-refractivity contribution in [3.8, 4) is 0 Å². The van der Waals surface area contributed by atoms with E-state index in [-0.39, 0.29) is 11.6 Å². The van der Waals surface area contributed by atoms with E-state index >= 15 is 0 Å². The van der Waals surface area contributed by atoms with Gasteiger partial charge in [-0.05, 0) is 41.8 Å². The lowest BCUT2D eigenvalue weighted by Gasteiger charge is -2.15. The molecule has 0 saturated carbocycles. The Morgan fingerprint density at radius 3 is 2.48 bits per heavy atom. The first kappa shape index (κ1) is 18.7. The Labute approximate surface area is 147 Å². The number of halogens is 2. The quantitative estimate of drug-likeness (QED) is 0.624. The van der Waals surface area contributed by atoms with Gasteiger partial charge >= 0.3 is 0 Å². The number of nitrogens with one attached hydrogen (secondary N) is 2. The topological polar surface area (TPSA) is 39.7 Å². The van der Waals surface area contributed by atoms with E-state index in [0.717, 1.165) is 11.1 Å². The smallest absolute Gasteiger partial charge is 0.191 e. The molecule has 0 aliphatic carbocycles. The Morgan fingerprint density at radius 2 is 1.84 bits per heavy atom. The van der Waals surface area contributed by atoms with E-state index in [2.05, 4.69) is 15.6 Å². The number of hydrogen-bond acceptors (Lipinski definition) is 2. The molecule has 2 aromatic carbocycles. The number of rotatable bonds is 6. The fourth-order valence-electron chi connectivity index (χ4n) is 2.45. The standard InChI is InChI=1S/C19H24F2N4/c1-22-19(23-10-9-14-5-4-6-16(20)11-14)24-13-15-7-8-18(25(2)3)17(21)12-15/h4-8,11-12H,9-10,13H2,1-3H3,(H2,22,23,24). The van der Waals surface area contributed by atoms with Crippen molar-refractivity contribution >= 4 is 11.6 Å². The summed E-state index contributed by atoms with van der Waals surface area (Å²) in [4.78, 5) is 5.87. The molecule has 2 rings (SSSR count). The Kier molecular flexibility index (Phi) is 6.74. The van der Waals surface area contributed by atoms with Crippen LogP contribution < -0.4 is 15.5 Å². The molecule has 25 heavy (non-hydrogen) atoms. The Bertz CT molecular complexity index is 729. The second-order valence-electron chi connectivity index (χ2n) is 5.91. The summed E-state index contributed by atoms with van der Waals surface area (Å²) in [5, 5.41) is 6.31. The van der Waals surface area contributed by atoms with Crippen LogP contribution in [0.4, 0.5) is 14.5 Å². The van der Waals surface area contributed by atoms with Gasteiger partial charge in [0, 0.05) is 34.2 Å². The molecule has 0 bridgehead atoms. The fraction of sp³-hybridized carbons (Fsp3) is 0.316. The average Bonchev–Trinajstić information content (AvgIpc) is 2.57. The van der Waals surface area contributed by atoms with Gasteiger partial charge in [0.05, 0.1) is 5.69 Å². The number of aliphatic imine (C=N–C) groups is 1. The monoisotopic (exact) mass is 346 g/mol. The fourth-order valence-corrected chi connectivity index (χ4v) is 2.45. The van der Waals surface area contributed by atoms with Crippen molar-refractivity contribution in [2.24, 2.45) is 4.99 Å². The molecule has 134 valence electrons. The number of hydrogen-bond donors (Lipinski definition) is 2. The minimum absolute atomic E-state index is 0.233. The second kappa shape index (κ2) is 9.01. The van der Waals surface area contributed by atoms with E-state index in [0.29, 0.717) is 31.2 Å². The molecule has 0 spiro atoms. The molecule has 0 unspecified atom stereocenters. The molecule has 0 fully saturated rings. The van der Waals surface area contributed by atoms with Gasteiger partial charge in [0.25, 0.3) is 0 Å². The van der Waals surface area contributed by atoms with Crippen molar-refractivity contribution in [2.45, 2.75) is 13.0 Å². The normalized spacial score (nSPS) is 11.3. The number of nitrogens with zero attached hydrogens (tertiary/aromatic N) is 2. The van der Waals surface area contributed by atoms with Gasteiger partial charge in [-0.1, -0.05) is 18.2 Å². The van der Waals surface area contributed by atoms with E-state index in [1.807, 2.05) is 12.1 Å². The zero-order valence-corrected chi connectivity index (χ0v) is 14.8. The summed E-state index contributed by atoms with van der Waals surface area (Å²) in [7, 11) is 5.29. The SMILES string of the molecule is CN=C(NCCc1cccc(F)c1)NCc1ccc(N(C)C)c(F)c1. The number of benzene rings is 2. The highest BCUT2D eigenvalue weighted by Gasteiger charge is 2.06. The van der Waals surface area contributed by atoms with E-state index in [1.165, 1.54) is 18.2 Å². The largest absolute Gasteiger partial charge is 0.375 e. The van der Waals surface area contributed by atoms with Crippen molar-refractivity contribution < 1.29 is 8.78 Å². The molecule has 0 saturated heterocycles. The van der Waals surface area contributed by atoms with E-state index in [4.69, 9.17) is 0 Å². The summed E-state index contributed by atoms with van der Waals surface area (Å²) < 4.78 is 27.1. The molecule has 6 heteroatoms. The summed E-state index contributed by atoms with van der Waals surface area (Å²) in [5.41, 5.74) is 2.31. The van der Waals surface area contributed by atoms with Gasteiger partial charge in [0.1, 0.15) is 11.6 Å². The predicted octanol–water partition coefficient (Wildman–Crippen LogP) is 2.94. The molecule has 0 heterocycles. The third-order valence-electron chi connectivity index (χ3n) is 3.77. The summed E-state index contributed by atoms with van der Waals surface area (Å²) in [6.07, 6.45) is 0.685. The van der Waals surface area contributed by atoms with Crippen molar-refractivity contribution in [1.82, 2.24) is 10.6 Å². The molecule has 2 N–H and O–H groups in total. The Morgan fingerprint density at radius 1 is 1.04 bits per heavy atom. The van der Waals surface area contributed by atoms with Crippen LogP contribution in [0.3, 0.4) is 0 Å². The molecule has 0 aliphatic rings. The molecule has 4 nitrogen and oxygen atoms in total. The Balaban J connectivity index is 1.83. The maximum absolute atomic E-state index is 14.0. The lowest BCUT2D eigenvalue weighted by Crippen LogP contribution is -2.37. The molecule has 0 atom stereocenters. The maximum Gasteiger partial charge on any atom is 0.191 e. The van der Waals surface area contributed by atoms with E-state index < -0.39 is 0 Å². The molecule has 0 aromatic heterocycles. The highest BCUT2D eigenvalue weighted by molar-refractivity contribution is 5.79.